The van der Waals surface area contributed by atoms with Gasteiger partial charge in [0, 0.05) is 26.1 Å². The lowest BCUT2D eigenvalue weighted by Gasteiger charge is -2.17. The quantitative estimate of drug-likeness (QED) is 0.681. The first-order valence-electron chi connectivity index (χ1n) is 9.13. The first kappa shape index (κ1) is 22.3. The number of sulfone groups is 1. The highest BCUT2D eigenvalue weighted by Crippen LogP contribution is 2.24. The van der Waals surface area contributed by atoms with Crippen LogP contribution in [0.3, 0.4) is 0 Å². The Morgan fingerprint density at radius 1 is 1.00 bits per heavy atom. The van der Waals surface area contributed by atoms with Gasteiger partial charge < -0.3 is 4.90 Å². The molecule has 0 bridgehead atoms. The normalized spacial score (nSPS) is 17.3. The number of carbonyl (C=O) groups excluding carboxylic acids is 1. The van der Waals surface area contributed by atoms with E-state index in [2.05, 4.69) is 0 Å². The van der Waals surface area contributed by atoms with Gasteiger partial charge in [0.25, 0.3) is 0 Å². The van der Waals surface area contributed by atoms with Gasteiger partial charge in [-0.1, -0.05) is 24.3 Å². The van der Waals surface area contributed by atoms with E-state index in [0.717, 1.165) is 18.2 Å². The molecule has 2 aromatic carbocycles. The van der Waals surface area contributed by atoms with Crippen LogP contribution in [0.5, 0.6) is 0 Å². The number of nitrogens with one attached hydrogen (secondary N) is 1. The van der Waals surface area contributed by atoms with Crippen molar-refractivity contribution in [1.29, 1.82) is 0 Å². The fourth-order valence-electron chi connectivity index (χ4n) is 3.27. The number of rotatable bonds is 7. The molecule has 1 heterocycles. The first-order valence-corrected chi connectivity index (χ1v) is 12.2. The van der Waals surface area contributed by atoms with Crippen LogP contribution in [0.1, 0.15) is 12.8 Å². The van der Waals surface area contributed by atoms with Crippen molar-refractivity contribution in [2.24, 2.45) is 0 Å². The molecule has 1 N–H and O–H groups in total. The van der Waals surface area contributed by atoms with E-state index in [-0.39, 0.29) is 37.4 Å². The summed E-state index contributed by atoms with van der Waals surface area (Å²) >= 11 is 0. The number of hydrogen-bond acceptors (Lipinski definition) is 5. The Balaban J connectivity index is 1.58. The zero-order valence-electron chi connectivity index (χ0n) is 15.8. The van der Waals surface area contributed by atoms with E-state index >= 15 is 0 Å². The Morgan fingerprint density at radius 2 is 1.63 bits per heavy atom. The van der Waals surface area contributed by atoms with E-state index in [1.165, 1.54) is 17.0 Å². The highest BCUT2D eigenvalue weighted by molar-refractivity contribution is 7.92. The van der Waals surface area contributed by atoms with E-state index in [1.807, 2.05) is 4.72 Å². The first-order chi connectivity index (χ1) is 14.1. The Hall–Kier alpha value is -2.37. The summed E-state index contributed by atoms with van der Waals surface area (Å²) in [5, 5.41) is -0.743. The molecule has 1 unspecified atom stereocenters. The van der Waals surface area contributed by atoms with Gasteiger partial charge in [-0.2, -0.15) is 0 Å². The molecule has 7 nitrogen and oxygen atoms in total. The predicted octanol–water partition coefficient (Wildman–Crippen LogP) is 1.71. The van der Waals surface area contributed by atoms with Gasteiger partial charge >= 0.3 is 0 Å². The molecule has 162 valence electrons. The second-order valence-electron chi connectivity index (χ2n) is 6.81. The highest BCUT2D eigenvalue weighted by atomic mass is 32.2. The molecule has 0 saturated carbocycles. The molecule has 11 heteroatoms. The van der Waals surface area contributed by atoms with E-state index in [1.54, 1.807) is 18.2 Å². The molecule has 1 saturated heterocycles. The lowest BCUT2D eigenvalue weighted by molar-refractivity contribution is -0.129. The monoisotopic (exact) mass is 458 g/mol. The average molecular weight is 459 g/mol. The molecule has 1 aliphatic rings. The third-order valence-corrected chi connectivity index (χ3v) is 8.53. The number of nitrogens with zero attached hydrogens (tertiary/aromatic N) is 1. The molecule has 0 aliphatic carbocycles. The van der Waals surface area contributed by atoms with E-state index in [0.29, 0.717) is 0 Å². The predicted molar refractivity (Wildman–Crippen MR) is 105 cm³/mol. The fourth-order valence-corrected chi connectivity index (χ4v) is 6.15. The van der Waals surface area contributed by atoms with Crippen LogP contribution in [0.15, 0.2) is 58.3 Å². The van der Waals surface area contributed by atoms with E-state index in [9.17, 15) is 30.4 Å². The summed E-state index contributed by atoms with van der Waals surface area (Å²) < 4.78 is 78.9. The maximum Gasteiger partial charge on any atom is 0.246 e. The van der Waals surface area contributed by atoms with Crippen LogP contribution < -0.4 is 4.72 Å². The van der Waals surface area contributed by atoms with Crippen LogP contribution in [0.4, 0.5) is 8.78 Å². The number of carbonyl (C=O) groups is 1. The topological polar surface area (TPSA) is 101 Å². The van der Waals surface area contributed by atoms with Gasteiger partial charge in [0.15, 0.2) is 14.7 Å². The van der Waals surface area contributed by atoms with Crippen LogP contribution in [-0.4, -0.2) is 52.5 Å². The van der Waals surface area contributed by atoms with Gasteiger partial charge in [-0.15, -0.1) is 0 Å². The van der Waals surface area contributed by atoms with Crippen molar-refractivity contribution < 1.29 is 30.4 Å². The summed E-state index contributed by atoms with van der Waals surface area (Å²) in [5.41, 5.74) is 0. The number of amides is 1. The zero-order chi connectivity index (χ0) is 21.9. The smallest absolute Gasteiger partial charge is 0.246 e. The Kier molecular flexibility index (Phi) is 6.53. The SMILES string of the molecule is O=C(CCNS(=O)(=O)c1c(F)cccc1F)N1CCC(S(=O)(=O)c2ccccc2)C1. The molecular formula is C19H20F2N2O5S2. The summed E-state index contributed by atoms with van der Waals surface area (Å²) in [7, 11) is -8.06. The zero-order valence-corrected chi connectivity index (χ0v) is 17.4. The summed E-state index contributed by atoms with van der Waals surface area (Å²) in [6, 6.07) is 10.6. The van der Waals surface area contributed by atoms with Crippen LogP contribution in [0, 0.1) is 11.6 Å². The molecule has 2 aromatic rings. The second kappa shape index (κ2) is 8.78. The molecule has 1 atom stereocenters. The lowest BCUT2D eigenvalue weighted by Crippen LogP contribution is -2.35. The Morgan fingerprint density at radius 3 is 2.27 bits per heavy atom. The standard InChI is InChI=1S/C19H20F2N2O5S2/c20-16-7-4-8-17(21)19(16)30(27,28)22-11-9-18(24)23-12-10-15(13-23)29(25,26)14-5-2-1-3-6-14/h1-8,15,22H,9-13H2. The number of halogens is 2. The fraction of sp³-hybridized carbons (Fsp3) is 0.316. The van der Waals surface area contributed by atoms with Crippen LogP contribution in [0.2, 0.25) is 0 Å². The van der Waals surface area contributed by atoms with E-state index < -0.39 is 47.5 Å². The Labute approximate surface area is 173 Å². The van der Waals surface area contributed by atoms with Crippen LogP contribution in [0.25, 0.3) is 0 Å². The number of hydrogen-bond donors (Lipinski definition) is 1. The minimum absolute atomic E-state index is 0.00471. The Bertz CT molecular complexity index is 1120. The van der Waals surface area contributed by atoms with Gasteiger partial charge in [-0.3, -0.25) is 4.79 Å². The third-order valence-electron chi connectivity index (χ3n) is 4.83. The van der Waals surface area contributed by atoms with Gasteiger partial charge in [0.2, 0.25) is 15.9 Å². The summed E-state index contributed by atoms with van der Waals surface area (Å²) in [6.07, 6.45) is 0.00252. The van der Waals surface area contributed by atoms with Crippen molar-refractivity contribution >= 4 is 25.8 Å². The molecule has 1 amide bonds. The summed E-state index contributed by atoms with van der Waals surface area (Å²) in [5.74, 6) is -2.91. The maximum atomic E-state index is 13.7. The molecule has 0 radical (unpaired) electrons. The van der Waals surface area contributed by atoms with Crippen molar-refractivity contribution in [2.75, 3.05) is 19.6 Å². The maximum absolute atomic E-state index is 13.7. The number of sulfonamides is 1. The summed E-state index contributed by atoms with van der Waals surface area (Å²) in [6.45, 7) is -0.142. The summed E-state index contributed by atoms with van der Waals surface area (Å²) in [4.78, 5) is 12.8. The molecule has 30 heavy (non-hydrogen) atoms. The highest BCUT2D eigenvalue weighted by Gasteiger charge is 2.36. The molecule has 3 rings (SSSR count). The average Bonchev–Trinajstić information content (AvgIpc) is 3.19. The third kappa shape index (κ3) is 4.68. The van der Waals surface area contributed by atoms with Gasteiger partial charge in [-0.05, 0) is 30.7 Å². The molecule has 0 aromatic heterocycles. The van der Waals surface area contributed by atoms with Gasteiger partial charge in [0.05, 0.1) is 10.1 Å². The molecule has 1 aliphatic heterocycles. The van der Waals surface area contributed by atoms with Crippen molar-refractivity contribution in [3.05, 3.63) is 60.2 Å². The minimum Gasteiger partial charge on any atom is -0.341 e. The van der Waals surface area contributed by atoms with E-state index in [4.69, 9.17) is 0 Å². The molecule has 0 spiro atoms. The van der Waals surface area contributed by atoms with Gasteiger partial charge in [0.1, 0.15) is 11.6 Å². The lowest BCUT2D eigenvalue weighted by atomic mass is 10.3. The second-order valence-corrected chi connectivity index (χ2v) is 10.7. The van der Waals surface area contributed by atoms with Crippen molar-refractivity contribution in [3.63, 3.8) is 0 Å². The molecular weight excluding hydrogens is 438 g/mol. The number of likely N-dealkylation sites (tertiary alicyclic amines) is 1. The number of benzene rings is 2. The van der Waals surface area contributed by atoms with Crippen LogP contribution in [-0.2, 0) is 24.7 Å². The van der Waals surface area contributed by atoms with Crippen molar-refractivity contribution in [3.8, 4) is 0 Å². The molecule has 1 fully saturated rings. The largest absolute Gasteiger partial charge is 0.341 e. The minimum atomic E-state index is -4.48. The van der Waals surface area contributed by atoms with Crippen molar-refractivity contribution in [2.45, 2.75) is 27.9 Å². The van der Waals surface area contributed by atoms with Crippen LogP contribution >= 0.6 is 0 Å². The van der Waals surface area contributed by atoms with Crippen molar-refractivity contribution in [1.82, 2.24) is 9.62 Å². The van der Waals surface area contributed by atoms with Gasteiger partial charge in [-0.25, -0.2) is 30.3 Å².